The number of benzene rings is 2. The van der Waals surface area contributed by atoms with Crippen molar-refractivity contribution in [2.75, 3.05) is 12.4 Å². The van der Waals surface area contributed by atoms with Gasteiger partial charge in [-0.1, -0.05) is 45.7 Å². The second-order valence-electron chi connectivity index (χ2n) is 5.02. The van der Waals surface area contributed by atoms with Crippen LogP contribution in [0.3, 0.4) is 0 Å². The van der Waals surface area contributed by atoms with Gasteiger partial charge in [0.1, 0.15) is 11.6 Å². The van der Waals surface area contributed by atoms with E-state index in [1.54, 1.807) is 19.2 Å². The van der Waals surface area contributed by atoms with Crippen molar-refractivity contribution in [2.45, 2.75) is 12.8 Å². The molecule has 2 aromatic carbocycles. The highest BCUT2D eigenvalue weighted by Gasteiger charge is 2.13. The summed E-state index contributed by atoms with van der Waals surface area (Å²) < 4.78 is 19.1. The van der Waals surface area contributed by atoms with E-state index < -0.39 is 0 Å². The third kappa shape index (κ3) is 4.72. The molecule has 0 amide bonds. The Morgan fingerprint density at radius 3 is 2.67 bits per heavy atom. The molecular weight excluding hydrogens is 355 g/mol. The van der Waals surface area contributed by atoms with Gasteiger partial charge >= 0.3 is 0 Å². The van der Waals surface area contributed by atoms with E-state index in [1.165, 1.54) is 11.6 Å². The zero-order chi connectivity index (χ0) is 15.2. The lowest BCUT2D eigenvalue weighted by molar-refractivity contribution is 0.414. The number of rotatable bonds is 6. The van der Waals surface area contributed by atoms with Crippen LogP contribution in [0.2, 0.25) is 5.02 Å². The SMILES string of the molecule is COc1cccc(CC(CBr)Cc2ccc(Cl)cc2F)c1. The van der Waals surface area contributed by atoms with E-state index in [-0.39, 0.29) is 5.82 Å². The predicted molar refractivity (Wildman–Crippen MR) is 89.1 cm³/mol. The lowest BCUT2D eigenvalue weighted by atomic mass is 9.94. The summed E-state index contributed by atoms with van der Waals surface area (Å²) in [5.41, 5.74) is 1.89. The summed E-state index contributed by atoms with van der Waals surface area (Å²) in [4.78, 5) is 0. The van der Waals surface area contributed by atoms with Crippen LogP contribution < -0.4 is 4.74 Å². The Hall–Kier alpha value is -1.06. The molecule has 0 bridgehead atoms. The number of alkyl halides is 1. The Balaban J connectivity index is 2.09. The molecule has 2 aromatic rings. The minimum Gasteiger partial charge on any atom is -0.497 e. The van der Waals surface area contributed by atoms with Gasteiger partial charge in [0.15, 0.2) is 0 Å². The lowest BCUT2D eigenvalue weighted by Crippen LogP contribution is -2.11. The molecule has 1 atom stereocenters. The summed E-state index contributed by atoms with van der Waals surface area (Å²) in [6, 6.07) is 12.8. The fourth-order valence-electron chi connectivity index (χ4n) is 2.31. The van der Waals surface area contributed by atoms with Crippen molar-refractivity contribution < 1.29 is 9.13 Å². The molecule has 0 spiro atoms. The smallest absolute Gasteiger partial charge is 0.127 e. The quantitative estimate of drug-likeness (QED) is 0.627. The molecule has 0 aliphatic carbocycles. The highest BCUT2D eigenvalue weighted by molar-refractivity contribution is 9.09. The maximum atomic E-state index is 13.9. The average Bonchev–Trinajstić information content (AvgIpc) is 2.49. The van der Waals surface area contributed by atoms with Gasteiger partial charge in [0.25, 0.3) is 0 Å². The van der Waals surface area contributed by atoms with E-state index in [2.05, 4.69) is 22.0 Å². The van der Waals surface area contributed by atoms with Gasteiger partial charge < -0.3 is 4.74 Å². The first-order chi connectivity index (χ1) is 10.1. The number of ether oxygens (including phenoxy) is 1. The summed E-state index contributed by atoms with van der Waals surface area (Å²) in [6.45, 7) is 0. The van der Waals surface area contributed by atoms with Crippen LogP contribution in [0.5, 0.6) is 5.75 Å². The topological polar surface area (TPSA) is 9.23 Å². The Morgan fingerprint density at radius 2 is 2.00 bits per heavy atom. The first-order valence-corrected chi connectivity index (χ1v) is 8.25. The summed E-state index contributed by atoms with van der Waals surface area (Å²) >= 11 is 9.31. The maximum Gasteiger partial charge on any atom is 0.127 e. The second-order valence-corrected chi connectivity index (χ2v) is 6.10. The molecule has 2 rings (SSSR count). The van der Waals surface area contributed by atoms with Crippen LogP contribution in [0.4, 0.5) is 4.39 Å². The zero-order valence-electron chi connectivity index (χ0n) is 11.8. The molecule has 21 heavy (non-hydrogen) atoms. The van der Waals surface area contributed by atoms with Gasteiger partial charge in [-0.15, -0.1) is 0 Å². The highest BCUT2D eigenvalue weighted by atomic mass is 79.9. The molecule has 4 heteroatoms. The first kappa shape index (κ1) is 16.3. The van der Waals surface area contributed by atoms with Gasteiger partial charge in [-0.3, -0.25) is 0 Å². The number of halogens is 3. The molecule has 0 radical (unpaired) electrons. The van der Waals surface area contributed by atoms with E-state index in [0.29, 0.717) is 22.9 Å². The fraction of sp³-hybridized carbons (Fsp3) is 0.294. The van der Waals surface area contributed by atoms with Crippen molar-refractivity contribution in [1.29, 1.82) is 0 Å². The Kier molecular flexibility index (Phi) is 6.07. The molecule has 1 nitrogen and oxygen atoms in total. The lowest BCUT2D eigenvalue weighted by Gasteiger charge is -2.15. The number of methoxy groups -OCH3 is 1. The van der Waals surface area contributed by atoms with Gasteiger partial charge in [0, 0.05) is 10.4 Å². The largest absolute Gasteiger partial charge is 0.497 e. The highest BCUT2D eigenvalue weighted by Crippen LogP contribution is 2.22. The molecule has 0 aliphatic rings. The van der Waals surface area contributed by atoms with Crippen LogP contribution in [0.25, 0.3) is 0 Å². The standard InChI is InChI=1S/C17H17BrClFO/c1-21-16-4-2-3-12(9-16)7-13(11-18)8-14-5-6-15(19)10-17(14)20/h2-6,9-10,13H,7-8,11H2,1H3. The third-order valence-electron chi connectivity index (χ3n) is 3.40. The summed E-state index contributed by atoms with van der Waals surface area (Å²) in [7, 11) is 1.66. The summed E-state index contributed by atoms with van der Waals surface area (Å²) in [5.74, 6) is 0.922. The van der Waals surface area contributed by atoms with Crippen molar-refractivity contribution in [2.24, 2.45) is 5.92 Å². The molecule has 1 unspecified atom stereocenters. The molecular formula is C17H17BrClFO. The van der Waals surface area contributed by atoms with E-state index in [1.807, 2.05) is 18.2 Å². The molecule has 0 N–H and O–H groups in total. The van der Waals surface area contributed by atoms with Crippen molar-refractivity contribution in [1.82, 2.24) is 0 Å². The fourth-order valence-corrected chi connectivity index (χ4v) is 2.93. The summed E-state index contributed by atoms with van der Waals surface area (Å²) in [5, 5.41) is 1.24. The van der Waals surface area contributed by atoms with Crippen molar-refractivity contribution in [3.63, 3.8) is 0 Å². The van der Waals surface area contributed by atoms with Crippen LogP contribution in [0.1, 0.15) is 11.1 Å². The minimum atomic E-state index is -0.237. The predicted octanol–water partition coefficient (Wildman–Crippen LogP) is 5.28. The Labute approximate surface area is 138 Å². The maximum absolute atomic E-state index is 13.9. The van der Waals surface area contributed by atoms with Crippen molar-refractivity contribution in [3.05, 3.63) is 64.4 Å². The number of hydrogen-bond donors (Lipinski definition) is 0. The monoisotopic (exact) mass is 370 g/mol. The number of hydrogen-bond acceptors (Lipinski definition) is 1. The van der Waals surface area contributed by atoms with E-state index in [4.69, 9.17) is 16.3 Å². The van der Waals surface area contributed by atoms with Gasteiger partial charge in [0.2, 0.25) is 0 Å². The Morgan fingerprint density at radius 1 is 1.19 bits per heavy atom. The van der Waals surface area contributed by atoms with Crippen LogP contribution in [-0.4, -0.2) is 12.4 Å². The first-order valence-electron chi connectivity index (χ1n) is 6.75. The average molecular weight is 372 g/mol. The van der Waals surface area contributed by atoms with E-state index in [9.17, 15) is 4.39 Å². The van der Waals surface area contributed by atoms with Gasteiger partial charge in [-0.05, 0) is 54.2 Å². The molecule has 0 aromatic heterocycles. The molecule has 0 saturated heterocycles. The summed E-state index contributed by atoms with van der Waals surface area (Å²) in [6.07, 6.45) is 1.54. The van der Waals surface area contributed by atoms with Crippen LogP contribution in [0.15, 0.2) is 42.5 Å². The zero-order valence-corrected chi connectivity index (χ0v) is 14.1. The third-order valence-corrected chi connectivity index (χ3v) is 4.55. The second kappa shape index (κ2) is 7.81. The van der Waals surface area contributed by atoms with Crippen LogP contribution in [0, 0.1) is 11.7 Å². The van der Waals surface area contributed by atoms with Crippen molar-refractivity contribution >= 4 is 27.5 Å². The minimum absolute atomic E-state index is 0.237. The van der Waals surface area contributed by atoms with Gasteiger partial charge in [-0.2, -0.15) is 0 Å². The molecule has 0 saturated carbocycles. The molecule has 0 aliphatic heterocycles. The van der Waals surface area contributed by atoms with E-state index in [0.717, 1.165) is 17.5 Å². The van der Waals surface area contributed by atoms with Crippen molar-refractivity contribution in [3.8, 4) is 5.75 Å². The van der Waals surface area contributed by atoms with Crippen LogP contribution in [-0.2, 0) is 12.8 Å². The molecule has 0 heterocycles. The molecule has 0 fully saturated rings. The Bertz CT molecular complexity index is 603. The van der Waals surface area contributed by atoms with Crippen LogP contribution >= 0.6 is 27.5 Å². The molecule has 112 valence electrons. The normalized spacial score (nSPS) is 12.2. The van der Waals surface area contributed by atoms with Gasteiger partial charge in [0.05, 0.1) is 7.11 Å². The van der Waals surface area contributed by atoms with E-state index >= 15 is 0 Å². The van der Waals surface area contributed by atoms with Gasteiger partial charge in [-0.25, -0.2) is 4.39 Å².